The zero-order valence-corrected chi connectivity index (χ0v) is 10.5. The second kappa shape index (κ2) is 4.46. The normalized spacial score (nSPS) is 13.2. The van der Waals surface area contributed by atoms with Crippen LogP contribution < -0.4 is 0 Å². The van der Waals surface area contributed by atoms with E-state index in [4.69, 9.17) is 4.74 Å². The van der Waals surface area contributed by atoms with E-state index in [9.17, 15) is 0 Å². The van der Waals surface area contributed by atoms with Crippen LogP contribution in [0.1, 0.15) is 41.5 Å². The molecule has 0 rings (SSSR count). The molecule has 0 radical (unpaired) electrons. The van der Waals surface area contributed by atoms with Crippen LogP contribution in [-0.4, -0.2) is 24.0 Å². The smallest absolute Gasteiger partial charge is 0.0262 e. The van der Waals surface area contributed by atoms with Crippen LogP contribution in [0.4, 0.5) is 0 Å². The number of rotatable bonds is 3. The van der Waals surface area contributed by atoms with Gasteiger partial charge in [-0.2, -0.15) is 0 Å². The Morgan fingerprint density at radius 3 is 1.00 bits per heavy atom. The van der Waals surface area contributed by atoms with Gasteiger partial charge in [0.15, 0.2) is 0 Å². The molecule has 12 heavy (non-hydrogen) atoms. The van der Waals surface area contributed by atoms with Gasteiger partial charge in [-0.3, -0.25) is 0 Å². The maximum absolute atomic E-state index is 4.73. The van der Waals surface area contributed by atoms with Gasteiger partial charge in [0.2, 0.25) is 0 Å². The third-order valence-electron chi connectivity index (χ3n) is 2.83. The summed E-state index contributed by atoms with van der Waals surface area (Å²) in [5, 5.41) is 0. The molecule has 0 bridgehead atoms. The minimum Gasteiger partial charge on any atom is -0.306 e. The molecule has 0 aromatic rings. The van der Waals surface area contributed by atoms with Crippen molar-refractivity contribution in [1.82, 2.24) is 0 Å². The predicted octanol–water partition coefficient (Wildman–Crippen LogP) is 4.04. The van der Waals surface area contributed by atoms with Gasteiger partial charge < -0.3 is 4.74 Å². The van der Waals surface area contributed by atoms with Gasteiger partial charge in [-0.25, -0.2) is 0 Å². The van der Waals surface area contributed by atoms with E-state index in [1.807, 2.05) is 7.05 Å². The lowest BCUT2D eigenvalue weighted by Crippen LogP contribution is -2.16. The van der Waals surface area contributed by atoms with E-state index in [-0.39, 0.29) is 0 Å². The Balaban J connectivity index is 5.08. The van der Waals surface area contributed by atoms with Gasteiger partial charge >= 0.3 is 0 Å². The monoisotopic (exact) mass is 189 g/mol. The first-order valence-electron chi connectivity index (χ1n) is 4.89. The van der Waals surface area contributed by atoms with Crippen LogP contribution in [0.3, 0.4) is 0 Å². The molecule has 0 aromatic heterocycles. The van der Waals surface area contributed by atoms with Gasteiger partial charge in [-0.1, -0.05) is 41.5 Å². The molecule has 0 unspecified atom stereocenters. The minimum absolute atomic E-state index is 0.738. The molecule has 0 N–H and O–H groups in total. The van der Waals surface area contributed by atoms with Crippen molar-refractivity contribution in [2.45, 2.75) is 58.5 Å². The molecule has 0 atom stereocenters. The maximum Gasteiger partial charge on any atom is 0.0262 e. The highest BCUT2D eigenvalue weighted by Gasteiger charge is 2.29. The van der Waals surface area contributed by atoms with Crippen LogP contribution in [0.2, 0.25) is 0 Å². The number of hydrogen-bond acceptors (Lipinski definition) is 1. The number of nitrogens with zero attached hydrogens (tertiary/aromatic N) is 1. The van der Waals surface area contributed by atoms with E-state index in [0.29, 0.717) is 0 Å². The molecule has 0 amide bonds. The molecule has 0 fully saturated rings. The molecule has 1 nitrogen and oxygen atoms in total. The Hall–Kier alpha value is 0.230. The highest BCUT2D eigenvalue weighted by atomic mass is 31.2. The molecule has 0 spiro atoms. The maximum atomic E-state index is 4.73. The topological polar surface area (TPSA) is 12.4 Å². The Morgan fingerprint density at radius 2 is 1.00 bits per heavy atom. The Morgan fingerprint density at radius 1 is 0.750 bits per heavy atom. The lowest BCUT2D eigenvalue weighted by Gasteiger charge is -2.36. The van der Waals surface area contributed by atoms with Crippen molar-refractivity contribution in [3.63, 3.8) is 0 Å². The molecule has 74 valence electrons. The standard InChI is InChI=1S/C10H24NP/c1-8(2)12(11-7,9(3)4)10(5)6/h8-10H,1-7H3. The molecular weight excluding hydrogens is 165 g/mol. The van der Waals surface area contributed by atoms with Crippen LogP contribution in [0, 0.1) is 0 Å². The fourth-order valence-electron chi connectivity index (χ4n) is 2.48. The highest BCUT2D eigenvalue weighted by Crippen LogP contribution is 2.61. The third kappa shape index (κ3) is 1.93. The summed E-state index contributed by atoms with van der Waals surface area (Å²) < 4.78 is 4.73. The largest absolute Gasteiger partial charge is 0.306 e. The van der Waals surface area contributed by atoms with Crippen molar-refractivity contribution in [2.75, 3.05) is 7.05 Å². The Bertz CT molecular complexity index is 152. The van der Waals surface area contributed by atoms with Crippen molar-refractivity contribution < 1.29 is 0 Å². The lowest BCUT2D eigenvalue weighted by atomic mass is 10.5. The summed E-state index contributed by atoms with van der Waals surface area (Å²) in [6.45, 7) is 13.9. The van der Waals surface area contributed by atoms with E-state index in [2.05, 4.69) is 41.5 Å². The fraction of sp³-hybridized carbons (Fsp3) is 1.00. The molecule has 0 aliphatic rings. The van der Waals surface area contributed by atoms with Gasteiger partial charge in [0.05, 0.1) is 0 Å². The Kier molecular flexibility index (Phi) is 4.55. The van der Waals surface area contributed by atoms with E-state index < -0.39 is 7.05 Å². The van der Waals surface area contributed by atoms with E-state index in [0.717, 1.165) is 17.0 Å². The molecule has 2 heteroatoms. The molecule has 0 heterocycles. The molecule has 0 aliphatic carbocycles. The van der Waals surface area contributed by atoms with Crippen molar-refractivity contribution in [1.29, 1.82) is 0 Å². The molecule has 0 saturated carbocycles. The van der Waals surface area contributed by atoms with Crippen LogP contribution >= 0.6 is 7.05 Å². The van der Waals surface area contributed by atoms with E-state index in [1.54, 1.807) is 0 Å². The van der Waals surface area contributed by atoms with Gasteiger partial charge in [-0.05, 0) is 24.0 Å². The van der Waals surface area contributed by atoms with Crippen molar-refractivity contribution >= 4 is 7.05 Å². The summed E-state index contributed by atoms with van der Waals surface area (Å²) in [4.78, 5) is 0. The average molecular weight is 189 g/mol. The van der Waals surface area contributed by atoms with Crippen LogP contribution in [-0.2, 0) is 0 Å². The van der Waals surface area contributed by atoms with Gasteiger partial charge in [0.1, 0.15) is 0 Å². The Labute approximate surface area is 78.0 Å². The molecule has 0 saturated heterocycles. The van der Waals surface area contributed by atoms with Crippen LogP contribution in [0.5, 0.6) is 0 Å². The first kappa shape index (κ1) is 12.2. The molecular formula is C10H24NP. The number of hydrogen-bond donors (Lipinski definition) is 0. The average Bonchev–Trinajstić information content (AvgIpc) is 1.86. The third-order valence-corrected chi connectivity index (χ3v) is 8.48. The zero-order chi connectivity index (χ0) is 9.94. The quantitative estimate of drug-likeness (QED) is 0.594. The lowest BCUT2D eigenvalue weighted by molar-refractivity contribution is 0.921. The predicted molar refractivity (Wildman–Crippen MR) is 60.7 cm³/mol. The van der Waals surface area contributed by atoms with Crippen molar-refractivity contribution in [3.05, 3.63) is 0 Å². The van der Waals surface area contributed by atoms with Crippen molar-refractivity contribution in [2.24, 2.45) is 4.74 Å². The van der Waals surface area contributed by atoms with E-state index >= 15 is 0 Å². The van der Waals surface area contributed by atoms with Gasteiger partial charge in [0.25, 0.3) is 0 Å². The van der Waals surface area contributed by atoms with Gasteiger partial charge in [0, 0.05) is 7.05 Å². The minimum atomic E-state index is -1.07. The summed E-state index contributed by atoms with van der Waals surface area (Å²) >= 11 is 0. The summed E-state index contributed by atoms with van der Waals surface area (Å²) in [6.07, 6.45) is 0. The first-order valence-corrected chi connectivity index (χ1v) is 6.84. The molecule has 0 aromatic carbocycles. The first-order chi connectivity index (χ1) is 5.39. The van der Waals surface area contributed by atoms with Gasteiger partial charge in [-0.15, -0.1) is 0 Å². The van der Waals surface area contributed by atoms with Crippen LogP contribution in [0.25, 0.3) is 0 Å². The second-order valence-corrected chi connectivity index (χ2v) is 9.36. The zero-order valence-electron chi connectivity index (χ0n) is 9.63. The summed E-state index contributed by atoms with van der Waals surface area (Å²) in [5.41, 5.74) is 2.22. The fourth-order valence-corrected chi connectivity index (χ4v) is 7.45. The molecule has 0 aliphatic heterocycles. The summed E-state index contributed by atoms with van der Waals surface area (Å²) in [6, 6.07) is 0. The summed E-state index contributed by atoms with van der Waals surface area (Å²) in [7, 11) is 0.940. The van der Waals surface area contributed by atoms with Crippen LogP contribution in [0.15, 0.2) is 4.74 Å². The highest BCUT2D eigenvalue weighted by molar-refractivity contribution is 7.68. The SMILES string of the molecule is CN=P(C(C)C)(C(C)C)C(C)C. The van der Waals surface area contributed by atoms with E-state index in [1.165, 1.54) is 0 Å². The summed E-state index contributed by atoms with van der Waals surface area (Å²) in [5.74, 6) is 0. The van der Waals surface area contributed by atoms with Crippen molar-refractivity contribution in [3.8, 4) is 0 Å². The second-order valence-electron chi connectivity index (χ2n) is 4.27.